The maximum absolute atomic E-state index is 14.3. The Morgan fingerprint density at radius 1 is 1.33 bits per heavy atom. The predicted octanol–water partition coefficient (Wildman–Crippen LogP) is 3.00. The number of aromatic amines is 1. The highest BCUT2D eigenvalue weighted by molar-refractivity contribution is 6.06. The van der Waals surface area contributed by atoms with Gasteiger partial charge in [0.2, 0.25) is 0 Å². The third-order valence-corrected chi connectivity index (χ3v) is 5.80. The van der Waals surface area contributed by atoms with Crippen LogP contribution < -0.4 is 25.8 Å². The second-order valence-electron chi connectivity index (χ2n) is 7.85. The van der Waals surface area contributed by atoms with Gasteiger partial charge in [-0.1, -0.05) is 6.07 Å². The second kappa shape index (κ2) is 8.62. The molecule has 10 heteroatoms. The number of carbonyl (C=O) groups excluding carboxylic acids is 1. The number of para-hydroxylation sites is 1. The smallest absolute Gasteiger partial charge is 0.255 e. The largest absolute Gasteiger partial charge is 0.492 e. The van der Waals surface area contributed by atoms with Crippen LogP contribution in [-0.4, -0.2) is 48.8 Å². The van der Waals surface area contributed by atoms with E-state index >= 15 is 0 Å². The summed E-state index contributed by atoms with van der Waals surface area (Å²) in [4.78, 5) is 20.3. The van der Waals surface area contributed by atoms with E-state index in [-0.39, 0.29) is 23.6 Å². The number of amides is 1. The molecule has 1 unspecified atom stereocenters. The molecule has 0 saturated carbocycles. The van der Waals surface area contributed by atoms with Crippen molar-refractivity contribution < 1.29 is 23.4 Å². The molecular weight excluding hydrogens is 429 g/mol. The molecule has 172 valence electrons. The summed E-state index contributed by atoms with van der Waals surface area (Å²) in [7, 11) is 1.39. The van der Waals surface area contributed by atoms with Crippen LogP contribution in [0.3, 0.4) is 0 Å². The van der Waals surface area contributed by atoms with Gasteiger partial charge in [-0.05, 0) is 18.2 Å². The first-order valence-corrected chi connectivity index (χ1v) is 10.7. The van der Waals surface area contributed by atoms with Crippen LogP contribution in [-0.2, 0) is 11.2 Å². The van der Waals surface area contributed by atoms with Crippen molar-refractivity contribution in [3.63, 3.8) is 0 Å². The van der Waals surface area contributed by atoms with E-state index in [4.69, 9.17) is 19.9 Å². The molecule has 1 atom stereocenters. The summed E-state index contributed by atoms with van der Waals surface area (Å²) < 4.78 is 31.1. The first-order chi connectivity index (χ1) is 16.1. The Morgan fingerprint density at radius 3 is 2.94 bits per heavy atom. The minimum absolute atomic E-state index is 0.00855. The van der Waals surface area contributed by atoms with Crippen molar-refractivity contribution >= 4 is 23.1 Å². The van der Waals surface area contributed by atoms with E-state index in [1.54, 1.807) is 24.4 Å². The number of pyridine rings is 1. The minimum Gasteiger partial charge on any atom is -0.492 e. The third kappa shape index (κ3) is 3.82. The van der Waals surface area contributed by atoms with E-state index in [1.165, 1.54) is 13.2 Å². The van der Waals surface area contributed by atoms with Crippen molar-refractivity contribution in [2.75, 3.05) is 37.9 Å². The maximum Gasteiger partial charge on any atom is 0.255 e. The van der Waals surface area contributed by atoms with Crippen molar-refractivity contribution in [1.82, 2.24) is 15.3 Å². The number of H-pyrrole nitrogens is 1. The highest BCUT2D eigenvalue weighted by atomic mass is 19.1. The molecule has 0 aliphatic carbocycles. The molecule has 1 saturated heterocycles. The fourth-order valence-electron chi connectivity index (χ4n) is 4.06. The molecule has 2 aromatic heterocycles. The van der Waals surface area contributed by atoms with Crippen LogP contribution in [0.4, 0.5) is 21.6 Å². The second-order valence-corrected chi connectivity index (χ2v) is 7.85. The number of fused-ring (bicyclic) bond motifs is 1. The number of halogens is 1. The monoisotopic (exact) mass is 453 g/mol. The summed E-state index contributed by atoms with van der Waals surface area (Å²) in [6.45, 7) is 1.56. The summed E-state index contributed by atoms with van der Waals surface area (Å²) in [6.07, 6.45) is 3.11. The molecule has 0 spiro atoms. The van der Waals surface area contributed by atoms with Crippen molar-refractivity contribution in [2.24, 2.45) is 0 Å². The van der Waals surface area contributed by atoms with Crippen molar-refractivity contribution in [3.8, 4) is 22.8 Å². The highest BCUT2D eigenvalue weighted by Crippen LogP contribution is 2.43. The van der Waals surface area contributed by atoms with E-state index in [9.17, 15) is 9.18 Å². The lowest BCUT2D eigenvalue weighted by molar-refractivity contribution is -0.0719. The third-order valence-electron chi connectivity index (χ3n) is 5.80. The van der Waals surface area contributed by atoms with Crippen LogP contribution in [0.2, 0.25) is 0 Å². The van der Waals surface area contributed by atoms with Gasteiger partial charge in [-0.15, -0.1) is 0 Å². The van der Waals surface area contributed by atoms with Gasteiger partial charge in [-0.25, -0.2) is 9.37 Å². The number of rotatable bonds is 7. The number of nitrogens with zero attached hydrogens (tertiary/aromatic N) is 1. The van der Waals surface area contributed by atoms with Crippen LogP contribution in [0.5, 0.6) is 11.5 Å². The van der Waals surface area contributed by atoms with Gasteiger partial charge in [0.25, 0.3) is 5.91 Å². The SMILES string of the molecule is COc1c(F)cccc1Nc1c(-c2ccnc(N)c2OCC2CCO2)[nH]c2c1C(=O)NCC2. The molecule has 2 aliphatic rings. The minimum atomic E-state index is -0.518. The van der Waals surface area contributed by atoms with E-state index in [0.717, 1.165) is 12.1 Å². The van der Waals surface area contributed by atoms with Gasteiger partial charge in [-0.2, -0.15) is 0 Å². The zero-order valence-electron chi connectivity index (χ0n) is 18.0. The number of hydrogen-bond donors (Lipinski definition) is 4. The van der Waals surface area contributed by atoms with E-state index in [2.05, 4.69) is 20.6 Å². The molecule has 1 aromatic carbocycles. The number of ether oxygens (including phenoxy) is 3. The Labute approximate surface area is 189 Å². The summed E-state index contributed by atoms with van der Waals surface area (Å²) in [5.74, 6) is -0.0959. The van der Waals surface area contributed by atoms with Gasteiger partial charge >= 0.3 is 0 Å². The van der Waals surface area contributed by atoms with Crippen molar-refractivity contribution in [1.29, 1.82) is 0 Å². The molecule has 0 bridgehead atoms. The fourth-order valence-corrected chi connectivity index (χ4v) is 4.06. The van der Waals surface area contributed by atoms with Gasteiger partial charge in [-0.3, -0.25) is 4.79 Å². The Balaban J connectivity index is 1.63. The molecule has 5 N–H and O–H groups in total. The van der Waals surface area contributed by atoms with Crippen LogP contribution in [0.1, 0.15) is 22.5 Å². The van der Waals surface area contributed by atoms with Gasteiger partial charge in [0.1, 0.15) is 6.61 Å². The van der Waals surface area contributed by atoms with Gasteiger partial charge in [0.05, 0.1) is 35.8 Å². The quantitative estimate of drug-likeness (QED) is 0.434. The zero-order chi connectivity index (χ0) is 22.9. The Hall–Kier alpha value is -3.79. The molecule has 2 aliphatic heterocycles. The number of nitrogens with one attached hydrogen (secondary N) is 3. The molecule has 9 nitrogen and oxygen atoms in total. The number of aromatic nitrogens is 2. The zero-order valence-corrected chi connectivity index (χ0v) is 18.0. The van der Waals surface area contributed by atoms with Gasteiger partial charge in [0.15, 0.2) is 23.1 Å². The Bertz CT molecular complexity index is 1210. The number of hydrogen-bond acceptors (Lipinski definition) is 7. The lowest BCUT2D eigenvalue weighted by atomic mass is 10.0. The number of nitrogens with two attached hydrogens (primary N) is 1. The van der Waals surface area contributed by atoms with Crippen LogP contribution in [0.15, 0.2) is 30.5 Å². The first-order valence-electron chi connectivity index (χ1n) is 10.7. The summed E-state index contributed by atoms with van der Waals surface area (Å²) >= 11 is 0. The summed E-state index contributed by atoms with van der Waals surface area (Å²) in [6, 6.07) is 6.31. The Kier molecular flexibility index (Phi) is 5.51. The summed E-state index contributed by atoms with van der Waals surface area (Å²) in [5, 5.41) is 6.07. The van der Waals surface area contributed by atoms with E-state index < -0.39 is 5.82 Å². The van der Waals surface area contributed by atoms with E-state index in [1.807, 2.05) is 0 Å². The topological polar surface area (TPSA) is 124 Å². The highest BCUT2D eigenvalue weighted by Gasteiger charge is 2.30. The van der Waals surface area contributed by atoms with Crippen LogP contribution in [0.25, 0.3) is 11.3 Å². The standard InChI is InChI=1S/C23H24FN5O4/c1-31-21-14(24)3-2-4-16(21)29-19-17-15(6-9-27-23(17)30)28-18(19)13-5-8-26-22(25)20(13)33-11-12-7-10-32-12/h2-5,8,12,28-29H,6-7,9-11H2,1H3,(H2,25,26)(H,27,30). The molecular formula is C23H24FN5O4. The molecule has 33 heavy (non-hydrogen) atoms. The molecule has 0 radical (unpaired) electrons. The molecule has 5 rings (SSSR count). The average molecular weight is 453 g/mol. The maximum atomic E-state index is 14.3. The fraction of sp³-hybridized carbons (Fsp3) is 0.304. The summed E-state index contributed by atoms with van der Waals surface area (Å²) in [5.41, 5.74) is 9.44. The van der Waals surface area contributed by atoms with Gasteiger partial charge in [0, 0.05) is 43.4 Å². The normalized spacial score (nSPS) is 17.0. The molecule has 4 heterocycles. The Morgan fingerprint density at radius 2 is 2.18 bits per heavy atom. The molecule has 3 aromatic rings. The van der Waals surface area contributed by atoms with E-state index in [0.29, 0.717) is 60.1 Å². The number of methoxy groups -OCH3 is 1. The van der Waals surface area contributed by atoms with Gasteiger partial charge < -0.3 is 35.6 Å². The average Bonchev–Trinajstić information content (AvgIpc) is 3.13. The number of nitrogen functional groups attached to an aromatic ring is 1. The molecule has 1 amide bonds. The predicted molar refractivity (Wildman–Crippen MR) is 121 cm³/mol. The lowest BCUT2D eigenvalue weighted by Gasteiger charge is -2.26. The van der Waals surface area contributed by atoms with Crippen LogP contribution in [0, 0.1) is 5.82 Å². The van der Waals surface area contributed by atoms with Crippen molar-refractivity contribution in [3.05, 3.63) is 47.5 Å². The van der Waals surface area contributed by atoms with Crippen molar-refractivity contribution in [2.45, 2.75) is 18.9 Å². The first kappa shape index (κ1) is 21.1. The van der Waals surface area contributed by atoms with Crippen LogP contribution >= 0.6 is 0 Å². The number of benzene rings is 1. The lowest BCUT2D eigenvalue weighted by Crippen LogP contribution is -2.32. The number of carbonyl (C=O) groups is 1. The molecule has 1 fully saturated rings. The number of anilines is 3.